The van der Waals surface area contributed by atoms with Crippen molar-refractivity contribution in [3.05, 3.63) is 34.4 Å². The highest BCUT2D eigenvalue weighted by Crippen LogP contribution is 2.27. The second-order valence-corrected chi connectivity index (χ2v) is 15.3. The number of hydrogen-bond donors (Lipinski definition) is 0. The molecule has 1 aromatic rings. The van der Waals surface area contributed by atoms with Crippen molar-refractivity contribution >= 4 is 0 Å². The van der Waals surface area contributed by atoms with Crippen molar-refractivity contribution in [2.45, 2.75) is 259 Å². The van der Waals surface area contributed by atoms with Crippen molar-refractivity contribution in [3.63, 3.8) is 0 Å². The number of aryl methyl sites for hydroxylation is 3. The Balaban J connectivity index is 2.84. The lowest BCUT2D eigenvalue weighted by Crippen LogP contribution is -2.05. The SMILES string of the molecule is CCCCCCCCCCc1cc(CCCCCCCCCC)c(CCCCCCCCCC)c(CCCCCCCCCC)c1. The Labute approximate surface area is 292 Å². The van der Waals surface area contributed by atoms with E-state index in [-0.39, 0.29) is 0 Å². The van der Waals surface area contributed by atoms with Gasteiger partial charge in [-0.3, -0.25) is 0 Å². The first-order chi connectivity index (χ1) is 22.8. The van der Waals surface area contributed by atoms with E-state index in [2.05, 4.69) is 39.8 Å². The summed E-state index contributed by atoms with van der Waals surface area (Å²) in [7, 11) is 0. The summed E-state index contributed by atoms with van der Waals surface area (Å²) in [4.78, 5) is 0. The van der Waals surface area contributed by atoms with Gasteiger partial charge in [0.25, 0.3) is 0 Å². The van der Waals surface area contributed by atoms with Gasteiger partial charge in [-0.05, 0) is 73.6 Å². The molecule has 0 fully saturated rings. The molecule has 0 spiro atoms. The van der Waals surface area contributed by atoms with Crippen LogP contribution in [0.1, 0.15) is 255 Å². The Morgan fingerprint density at radius 2 is 0.500 bits per heavy atom. The maximum absolute atomic E-state index is 2.71. The summed E-state index contributed by atoms with van der Waals surface area (Å²) >= 11 is 0. The van der Waals surface area contributed by atoms with E-state index in [1.807, 2.05) is 0 Å². The molecular weight excluding hydrogens is 553 g/mol. The normalized spacial score (nSPS) is 11.6. The van der Waals surface area contributed by atoms with Crippen molar-refractivity contribution in [3.8, 4) is 0 Å². The minimum absolute atomic E-state index is 1.31. The number of hydrogen-bond acceptors (Lipinski definition) is 0. The van der Waals surface area contributed by atoms with E-state index in [9.17, 15) is 0 Å². The van der Waals surface area contributed by atoms with E-state index >= 15 is 0 Å². The highest BCUT2D eigenvalue weighted by atomic mass is 14.2. The van der Waals surface area contributed by atoms with Crippen molar-refractivity contribution in [2.24, 2.45) is 0 Å². The van der Waals surface area contributed by atoms with Crippen LogP contribution in [-0.4, -0.2) is 0 Å². The maximum atomic E-state index is 2.71. The van der Waals surface area contributed by atoms with Crippen LogP contribution in [0.5, 0.6) is 0 Å². The molecular formula is C46H86. The van der Waals surface area contributed by atoms with E-state index < -0.39 is 0 Å². The van der Waals surface area contributed by atoms with Crippen LogP contribution in [-0.2, 0) is 25.7 Å². The third-order valence-corrected chi connectivity index (χ3v) is 10.7. The largest absolute Gasteiger partial charge is 0.0654 e. The second-order valence-electron chi connectivity index (χ2n) is 15.3. The molecule has 0 heterocycles. The first-order valence-electron chi connectivity index (χ1n) is 21.9. The Morgan fingerprint density at radius 3 is 0.804 bits per heavy atom. The fraction of sp³-hybridized carbons (Fsp3) is 0.870. The summed E-state index contributed by atoms with van der Waals surface area (Å²) in [6.07, 6.45) is 50.9. The van der Waals surface area contributed by atoms with Crippen LogP contribution in [0.15, 0.2) is 12.1 Å². The lowest BCUT2D eigenvalue weighted by molar-refractivity contribution is 0.566. The highest BCUT2D eigenvalue weighted by Gasteiger charge is 2.12. The lowest BCUT2D eigenvalue weighted by Gasteiger charge is -2.19. The van der Waals surface area contributed by atoms with Gasteiger partial charge >= 0.3 is 0 Å². The molecule has 0 aliphatic carbocycles. The fourth-order valence-electron chi connectivity index (χ4n) is 7.58. The van der Waals surface area contributed by atoms with E-state index in [0.717, 1.165) is 0 Å². The molecule has 0 unspecified atom stereocenters. The van der Waals surface area contributed by atoms with Gasteiger partial charge in [0.2, 0.25) is 0 Å². The zero-order valence-corrected chi connectivity index (χ0v) is 32.6. The van der Waals surface area contributed by atoms with Crippen LogP contribution in [0.3, 0.4) is 0 Å². The molecule has 0 saturated heterocycles. The Morgan fingerprint density at radius 1 is 0.261 bits per heavy atom. The molecule has 0 bridgehead atoms. The minimum atomic E-state index is 1.31. The third kappa shape index (κ3) is 25.3. The molecule has 1 aromatic carbocycles. The van der Waals surface area contributed by atoms with Gasteiger partial charge in [-0.15, -0.1) is 0 Å². The van der Waals surface area contributed by atoms with E-state index in [0.29, 0.717) is 0 Å². The average molecular weight is 639 g/mol. The van der Waals surface area contributed by atoms with Gasteiger partial charge < -0.3 is 0 Å². The Hall–Kier alpha value is -0.780. The van der Waals surface area contributed by atoms with Crippen LogP contribution in [0.2, 0.25) is 0 Å². The van der Waals surface area contributed by atoms with Crippen LogP contribution in [0.25, 0.3) is 0 Å². The zero-order chi connectivity index (χ0) is 33.2. The number of benzene rings is 1. The molecule has 0 atom stereocenters. The van der Waals surface area contributed by atoms with E-state index in [4.69, 9.17) is 0 Å². The molecule has 0 N–H and O–H groups in total. The molecule has 0 radical (unpaired) electrons. The van der Waals surface area contributed by atoms with Gasteiger partial charge in [0.15, 0.2) is 0 Å². The maximum Gasteiger partial charge on any atom is -0.0273 e. The molecule has 1 rings (SSSR count). The van der Waals surface area contributed by atoms with Gasteiger partial charge in [-0.25, -0.2) is 0 Å². The summed E-state index contributed by atoms with van der Waals surface area (Å²) in [5, 5.41) is 0. The first-order valence-corrected chi connectivity index (χ1v) is 21.9. The number of rotatable bonds is 36. The van der Waals surface area contributed by atoms with Crippen LogP contribution in [0, 0.1) is 0 Å². The summed E-state index contributed by atoms with van der Waals surface area (Å²) in [5.74, 6) is 0. The average Bonchev–Trinajstić information content (AvgIpc) is 3.06. The summed E-state index contributed by atoms with van der Waals surface area (Å²) < 4.78 is 0. The predicted octanol–water partition coefficient (Wildman–Crippen LogP) is 16.4. The summed E-state index contributed by atoms with van der Waals surface area (Å²) in [6.45, 7) is 9.32. The molecule has 0 aromatic heterocycles. The van der Waals surface area contributed by atoms with E-state index in [1.165, 1.54) is 231 Å². The van der Waals surface area contributed by atoms with Crippen molar-refractivity contribution in [1.82, 2.24) is 0 Å². The second kappa shape index (κ2) is 34.1. The van der Waals surface area contributed by atoms with Gasteiger partial charge in [-0.2, -0.15) is 0 Å². The fourth-order valence-corrected chi connectivity index (χ4v) is 7.58. The molecule has 0 aliphatic heterocycles. The Bertz CT molecular complexity index is 703. The highest BCUT2D eigenvalue weighted by molar-refractivity contribution is 5.40. The number of unbranched alkanes of at least 4 members (excludes halogenated alkanes) is 28. The van der Waals surface area contributed by atoms with Crippen LogP contribution < -0.4 is 0 Å². The van der Waals surface area contributed by atoms with Gasteiger partial charge in [0.05, 0.1) is 0 Å². The molecule has 0 saturated carbocycles. The van der Waals surface area contributed by atoms with Crippen molar-refractivity contribution in [2.75, 3.05) is 0 Å². The monoisotopic (exact) mass is 639 g/mol. The minimum Gasteiger partial charge on any atom is -0.0654 e. The standard InChI is InChI=1S/C46H86/c1-5-9-13-17-21-25-29-33-37-43-41-44(38-34-30-26-22-18-14-10-6-2)46(40-36-32-28-24-20-16-12-8-4)45(42-43)39-35-31-27-23-19-15-11-7-3/h41-42H,5-40H2,1-4H3. The molecule has 0 heteroatoms. The molecule has 270 valence electrons. The van der Waals surface area contributed by atoms with Gasteiger partial charge in [0.1, 0.15) is 0 Å². The van der Waals surface area contributed by atoms with E-state index in [1.54, 1.807) is 22.3 Å². The molecule has 0 aliphatic rings. The van der Waals surface area contributed by atoms with Crippen molar-refractivity contribution in [1.29, 1.82) is 0 Å². The van der Waals surface area contributed by atoms with Crippen LogP contribution in [0.4, 0.5) is 0 Å². The zero-order valence-electron chi connectivity index (χ0n) is 32.6. The molecule has 0 amide bonds. The van der Waals surface area contributed by atoms with Gasteiger partial charge in [-0.1, -0.05) is 220 Å². The summed E-state index contributed by atoms with van der Waals surface area (Å²) in [6, 6.07) is 5.42. The van der Waals surface area contributed by atoms with Gasteiger partial charge in [0, 0.05) is 0 Å². The topological polar surface area (TPSA) is 0 Å². The quantitative estimate of drug-likeness (QED) is 0.0642. The Kier molecular flexibility index (Phi) is 32.1. The summed E-state index contributed by atoms with van der Waals surface area (Å²) in [5.41, 5.74) is 7.01. The molecule has 46 heavy (non-hydrogen) atoms. The van der Waals surface area contributed by atoms with Crippen molar-refractivity contribution < 1.29 is 0 Å². The molecule has 0 nitrogen and oxygen atoms in total. The lowest BCUT2D eigenvalue weighted by atomic mass is 9.87. The van der Waals surface area contributed by atoms with Crippen LogP contribution >= 0.6 is 0 Å². The predicted molar refractivity (Wildman–Crippen MR) is 212 cm³/mol. The third-order valence-electron chi connectivity index (χ3n) is 10.7. The smallest absolute Gasteiger partial charge is 0.0273 e. The first kappa shape index (κ1) is 43.2.